The lowest BCUT2D eigenvalue weighted by Crippen LogP contribution is -2.38. The van der Waals surface area contributed by atoms with Crippen LogP contribution in [-0.2, 0) is 4.79 Å². The molecule has 1 aromatic heterocycles. The van der Waals surface area contributed by atoms with Crippen molar-refractivity contribution in [2.75, 3.05) is 12.9 Å². The van der Waals surface area contributed by atoms with Crippen LogP contribution in [0.1, 0.15) is 32.6 Å². The van der Waals surface area contributed by atoms with Gasteiger partial charge in [-0.25, -0.2) is 0 Å². The maximum absolute atomic E-state index is 12.6. The fourth-order valence-electron chi connectivity index (χ4n) is 3.99. The molecule has 1 aliphatic carbocycles. The van der Waals surface area contributed by atoms with Gasteiger partial charge >= 0.3 is 0 Å². The van der Waals surface area contributed by atoms with Crippen LogP contribution >= 0.6 is 23.4 Å². The highest BCUT2D eigenvalue weighted by Gasteiger charge is 2.22. The summed E-state index contributed by atoms with van der Waals surface area (Å²) in [5.74, 6) is 2.41. The molecule has 4 rings (SSSR count). The van der Waals surface area contributed by atoms with Gasteiger partial charge in [0.15, 0.2) is 11.0 Å². The van der Waals surface area contributed by atoms with E-state index < -0.39 is 0 Å². The maximum atomic E-state index is 12.6. The molecule has 1 saturated carbocycles. The summed E-state index contributed by atoms with van der Waals surface area (Å²) in [5.41, 5.74) is 1.69. The van der Waals surface area contributed by atoms with Crippen LogP contribution in [0, 0.1) is 5.92 Å². The molecule has 1 heterocycles. The second-order valence-electron chi connectivity index (χ2n) is 8.13. The number of rotatable bonds is 7. The molecule has 6 nitrogen and oxygen atoms in total. The highest BCUT2D eigenvalue weighted by Crippen LogP contribution is 2.33. The van der Waals surface area contributed by atoms with Gasteiger partial charge in [0.05, 0.1) is 18.4 Å². The topological polar surface area (TPSA) is 69.0 Å². The summed E-state index contributed by atoms with van der Waals surface area (Å²) < 4.78 is 7.48. The molecule has 0 bridgehead atoms. The lowest BCUT2D eigenvalue weighted by atomic mass is 9.87. The fraction of sp³-hybridized carbons (Fsp3) is 0.375. The number of methoxy groups -OCH3 is 1. The second-order valence-corrected chi connectivity index (χ2v) is 9.51. The van der Waals surface area contributed by atoms with Crippen molar-refractivity contribution in [1.29, 1.82) is 0 Å². The van der Waals surface area contributed by atoms with E-state index in [2.05, 4.69) is 22.4 Å². The Labute approximate surface area is 197 Å². The summed E-state index contributed by atoms with van der Waals surface area (Å²) in [6, 6.07) is 15.4. The van der Waals surface area contributed by atoms with Crippen LogP contribution in [0.15, 0.2) is 53.7 Å². The third-order valence-electron chi connectivity index (χ3n) is 5.78. The zero-order chi connectivity index (χ0) is 22.5. The highest BCUT2D eigenvalue weighted by atomic mass is 35.5. The number of nitrogens with one attached hydrogen (secondary N) is 1. The molecule has 0 spiro atoms. The van der Waals surface area contributed by atoms with Crippen molar-refractivity contribution >= 4 is 29.3 Å². The molecule has 0 atom stereocenters. The minimum absolute atomic E-state index is 0.0269. The van der Waals surface area contributed by atoms with E-state index in [4.69, 9.17) is 16.3 Å². The Morgan fingerprint density at radius 1 is 1.12 bits per heavy atom. The van der Waals surface area contributed by atoms with Gasteiger partial charge in [0.1, 0.15) is 5.75 Å². The van der Waals surface area contributed by atoms with Crippen molar-refractivity contribution in [1.82, 2.24) is 20.1 Å². The summed E-state index contributed by atoms with van der Waals surface area (Å²) >= 11 is 7.48. The molecular formula is C24H27ClN4O2S. The molecule has 0 saturated heterocycles. The minimum Gasteiger partial charge on any atom is -0.496 e. The van der Waals surface area contributed by atoms with Gasteiger partial charge in [-0.3, -0.25) is 9.36 Å². The molecule has 3 aromatic rings. The Bertz CT molecular complexity index is 1060. The molecule has 0 aliphatic heterocycles. The molecule has 1 amide bonds. The van der Waals surface area contributed by atoms with E-state index in [9.17, 15) is 4.79 Å². The third-order valence-corrected chi connectivity index (χ3v) is 6.96. The molecule has 8 heteroatoms. The predicted molar refractivity (Wildman–Crippen MR) is 129 cm³/mol. The smallest absolute Gasteiger partial charge is 0.230 e. The first-order chi connectivity index (χ1) is 15.5. The molecule has 2 aromatic carbocycles. The van der Waals surface area contributed by atoms with E-state index in [0.29, 0.717) is 21.8 Å². The molecule has 1 N–H and O–H groups in total. The third kappa shape index (κ3) is 5.27. The van der Waals surface area contributed by atoms with Gasteiger partial charge in [-0.2, -0.15) is 0 Å². The average molecular weight is 471 g/mol. The number of hydrogen-bond donors (Lipinski definition) is 1. The Balaban J connectivity index is 1.57. The van der Waals surface area contributed by atoms with Crippen molar-refractivity contribution in [3.63, 3.8) is 0 Å². The van der Waals surface area contributed by atoms with Gasteiger partial charge in [0.25, 0.3) is 0 Å². The summed E-state index contributed by atoms with van der Waals surface area (Å²) in [6.45, 7) is 2.27. The van der Waals surface area contributed by atoms with Crippen molar-refractivity contribution < 1.29 is 9.53 Å². The Hall–Kier alpha value is -2.51. The van der Waals surface area contributed by atoms with Crippen LogP contribution in [0.4, 0.5) is 0 Å². The van der Waals surface area contributed by atoms with E-state index in [0.717, 1.165) is 30.0 Å². The summed E-state index contributed by atoms with van der Waals surface area (Å²) in [4.78, 5) is 12.6. The van der Waals surface area contributed by atoms with Gasteiger partial charge in [-0.1, -0.05) is 42.4 Å². The Kier molecular flexibility index (Phi) is 7.37. The predicted octanol–water partition coefficient (Wildman–Crippen LogP) is 5.38. The van der Waals surface area contributed by atoms with Crippen LogP contribution in [0.3, 0.4) is 0 Å². The largest absolute Gasteiger partial charge is 0.496 e. The molecule has 32 heavy (non-hydrogen) atoms. The zero-order valence-corrected chi connectivity index (χ0v) is 19.8. The zero-order valence-electron chi connectivity index (χ0n) is 18.3. The fourth-order valence-corrected chi connectivity index (χ4v) is 4.88. The minimum atomic E-state index is 0.0269. The lowest BCUT2D eigenvalue weighted by molar-refractivity contribution is -0.119. The number of thioether (sulfide) groups is 1. The number of ether oxygens (including phenoxy) is 1. The first-order valence-corrected chi connectivity index (χ1v) is 12.2. The van der Waals surface area contributed by atoms with Crippen LogP contribution < -0.4 is 10.1 Å². The van der Waals surface area contributed by atoms with Crippen LogP contribution in [-0.4, -0.2) is 39.6 Å². The molecule has 1 fully saturated rings. The van der Waals surface area contributed by atoms with Gasteiger partial charge in [-0.15, -0.1) is 10.2 Å². The number of benzene rings is 2. The number of aromatic nitrogens is 3. The van der Waals surface area contributed by atoms with Gasteiger partial charge in [0, 0.05) is 16.8 Å². The number of carbonyl (C=O) groups is 1. The number of hydrogen-bond acceptors (Lipinski definition) is 5. The van der Waals surface area contributed by atoms with Gasteiger partial charge in [0.2, 0.25) is 5.91 Å². The number of amides is 1. The standard InChI is InChI=1S/C24H27ClN4O2S/c1-16-7-11-18(12-8-16)26-22(30)15-32-24-28-27-23(20-5-3-4-6-21(20)31-2)29(24)19-13-9-17(25)10-14-19/h3-6,9-10,13-14,16,18H,7-8,11-12,15H2,1-2H3,(H,26,30). The summed E-state index contributed by atoms with van der Waals surface area (Å²) in [6.07, 6.45) is 4.45. The normalized spacial score (nSPS) is 18.3. The van der Waals surface area contributed by atoms with Gasteiger partial charge < -0.3 is 10.1 Å². The number of nitrogens with zero attached hydrogens (tertiary/aromatic N) is 3. The Morgan fingerprint density at radius 3 is 2.56 bits per heavy atom. The van der Waals surface area contributed by atoms with Crippen molar-refractivity contribution in [3.8, 4) is 22.8 Å². The van der Waals surface area contributed by atoms with E-state index in [1.54, 1.807) is 7.11 Å². The first kappa shape index (κ1) is 22.7. The SMILES string of the molecule is COc1ccccc1-c1nnc(SCC(=O)NC2CCC(C)CC2)n1-c1ccc(Cl)cc1. The van der Waals surface area contributed by atoms with E-state index in [1.165, 1.54) is 24.6 Å². The van der Waals surface area contributed by atoms with Crippen molar-refractivity contribution in [3.05, 3.63) is 53.6 Å². The molecule has 0 radical (unpaired) electrons. The number of para-hydroxylation sites is 1. The summed E-state index contributed by atoms with van der Waals surface area (Å²) in [5, 5.41) is 13.3. The molecule has 0 unspecified atom stereocenters. The number of halogens is 1. The lowest BCUT2D eigenvalue weighted by Gasteiger charge is -2.26. The van der Waals surface area contributed by atoms with Crippen LogP contribution in [0.5, 0.6) is 5.75 Å². The highest BCUT2D eigenvalue weighted by molar-refractivity contribution is 7.99. The summed E-state index contributed by atoms with van der Waals surface area (Å²) in [7, 11) is 1.63. The van der Waals surface area contributed by atoms with Crippen molar-refractivity contribution in [2.45, 2.75) is 43.8 Å². The first-order valence-electron chi connectivity index (χ1n) is 10.8. The number of carbonyl (C=O) groups excluding carboxylic acids is 1. The maximum Gasteiger partial charge on any atom is 0.230 e. The monoisotopic (exact) mass is 470 g/mol. The van der Waals surface area contributed by atoms with E-state index in [-0.39, 0.29) is 17.7 Å². The van der Waals surface area contributed by atoms with E-state index >= 15 is 0 Å². The van der Waals surface area contributed by atoms with Gasteiger partial charge in [-0.05, 0) is 68.0 Å². The van der Waals surface area contributed by atoms with E-state index in [1.807, 2.05) is 53.1 Å². The average Bonchev–Trinajstić information content (AvgIpc) is 3.23. The quantitative estimate of drug-likeness (QED) is 0.469. The van der Waals surface area contributed by atoms with Crippen LogP contribution in [0.25, 0.3) is 17.1 Å². The Morgan fingerprint density at radius 2 is 1.84 bits per heavy atom. The molecule has 1 aliphatic rings. The van der Waals surface area contributed by atoms with Crippen molar-refractivity contribution in [2.24, 2.45) is 5.92 Å². The second kappa shape index (κ2) is 10.4. The molecule has 168 valence electrons. The molecular weight excluding hydrogens is 444 g/mol. The van der Waals surface area contributed by atoms with Crippen LogP contribution in [0.2, 0.25) is 5.02 Å².